The predicted molar refractivity (Wildman–Crippen MR) is 70.9 cm³/mol. The molecule has 96 valence electrons. The summed E-state index contributed by atoms with van der Waals surface area (Å²) in [5.74, 6) is 0.176. The minimum atomic E-state index is -3.17. The molecule has 0 amide bonds. The van der Waals surface area contributed by atoms with Gasteiger partial charge in [-0.3, -0.25) is 0 Å². The number of hydrogen-bond acceptors (Lipinski definition) is 3. The Balaban J connectivity index is 3.26. The number of sulfone groups is 1. The van der Waals surface area contributed by atoms with Crippen molar-refractivity contribution in [2.75, 3.05) is 5.75 Å². The maximum absolute atomic E-state index is 12.0. The first-order valence-corrected chi connectivity index (χ1v) is 7.66. The van der Waals surface area contributed by atoms with Gasteiger partial charge in [0, 0.05) is 6.04 Å². The van der Waals surface area contributed by atoms with Crippen LogP contribution >= 0.6 is 0 Å². The summed E-state index contributed by atoms with van der Waals surface area (Å²) in [4.78, 5) is 0.430. The molecule has 17 heavy (non-hydrogen) atoms. The van der Waals surface area contributed by atoms with E-state index in [0.29, 0.717) is 4.90 Å². The first-order chi connectivity index (χ1) is 7.94. The Bertz CT molecular complexity index is 468. The summed E-state index contributed by atoms with van der Waals surface area (Å²) in [6.45, 7) is 5.66. The molecule has 0 aliphatic carbocycles. The van der Waals surface area contributed by atoms with Crippen molar-refractivity contribution >= 4 is 9.84 Å². The van der Waals surface area contributed by atoms with E-state index in [2.05, 4.69) is 0 Å². The van der Waals surface area contributed by atoms with Crippen molar-refractivity contribution in [1.29, 1.82) is 0 Å². The van der Waals surface area contributed by atoms with Crippen LogP contribution in [0, 0.1) is 0 Å². The molecule has 3 nitrogen and oxygen atoms in total. The van der Waals surface area contributed by atoms with E-state index in [-0.39, 0.29) is 17.7 Å². The summed E-state index contributed by atoms with van der Waals surface area (Å²) >= 11 is 0. The summed E-state index contributed by atoms with van der Waals surface area (Å²) in [6.07, 6.45) is 0.835. The van der Waals surface area contributed by atoms with Crippen LogP contribution in [0.3, 0.4) is 0 Å². The second-order valence-electron chi connectivity index (χ2n) is 4.30. The van der Waals surface area contributed by atoms with E-state index < -0.39 is 9.84 Å². The van der Waals surface area contributed by atoms with E-state index in [4.69, 9.17) is 5.73 Å². The average Bonchev–Trinajstić information content (AvgIpc) is 2.36. The summed E-state index contributed by atoms with van der Waals surface area (Å²) < 4.78 is 24.0. The molecule has 2 atom stereocenters. The third-order valence-electron chi connectivity index (χ3n) is 3.24. The maximum Gasteiger partial charge on any atom is 0.178 e. The summed E-state index contributed by atoms with van der Waals surface area (Å²) in [6, 6.07) is 7.15. The first kappa shape index (κ1) is 14.2. The van der Waals surface area contributed by atoms with Gasteiger partial charge in [0.25, 0.3) is 0 Å². The molecule has 0 saturated carbocycles. The maximum atomic E-state index is 12.0. The fourth-order valence-corrected chi connectivity index (χ4v) is 3.09. The lowest BCUT2D eigenvalue weighted by atomic mass is 9.92. The van der Waals surface area contributed by atoms with Gasteiger partial charge >= 0.3 is 0 Å². The highest BCUT2D eigenvalue weighted by molar-refractivity contribution is 7.91. The lowest BCUT2D eigenvalue weighted by Gasteiger charge is -2.21. The highest BCUT2D eigenvalue weighted by Crippen LogP contribution is 2.27. The number of hydrogen-bond donors (Lipinski definition) is 1. The second-order valence-corrected chi connectivity index (χ2v) is 6.55. The van der Waals surface area contributed by atoms with Gasteiger partial charge < -0.3 is 5.73 Å². The molecular formula is C13H21NO2S. The van der Waals surface area contributed by atoms with E-state index in [1.165, 1.54) is 0 Å². The van der Waals surface area contributed by atoms with Crippen LogP contribution in [0.1, 0.15) is 38.7 Å². The van der Waals surface area contributed by atoms with Crippen molar-refractivity contribution < 1.29 is 8.42 Å². The van der Waals surface area contributed by atoms with E-state index in [1.54, 1.807) is 19.1 Å². The second kappa shape index (κ2) is 5.65. The Kier molecular flexibility index (Phi) is 4.71. The molecule has 0 saturated heterocycles. The van der Waals surface area contributed by atoms with Crippen molar-refractivity contribution in [3.63, 3.8) is 0 Å². The van der Waals surface area contributed by atoms with Crippen LogP contribution in [0.4, 0.5) is 0 Å². The molecule has 2 unspecified atom stereocenters. The van der Waals surface area contributed by atoms with Crippen molar-refractivity contribution in [2.24, 2.45) is 5.73 Å². The molecular weight excluding hydrogens is 234 g/mol. The third-order valence-corrected chi connectivity index (χ3v) is 5.04. The standard InChI is InChI=1S/C13H21NO2S/c1-4-12(14)10(3)11-8-6-7-9-13(11)17(15,16)5-2/h6-10,12H,4-5,14H2,1-3H3. The smallest absolute Gasteiger partial charge is 0.178 e. The van der Waals surface area contributed by atoms with E-state index in [9.17, 15) is 8.42 Å². The van der Waals surface area contributed by atoms with Crippen LogP contribution in [0.25, 0.3) is 0 Å². The predicted octanol–water partition coefficient (Wildman–Crippen LogP) is 2.32. The van der Waals surface area contributed by atoms with E-state index in [1.807, 2.05) is 26.0 Å². The fraction of sp³-hybridized carbons (Fsp3) is 0.538. The molecule has 2 N–H and O–H groups in total. The number of benzene rings is 1. The van der Waals surface area contributed by atoms with E-state index in [0.717, 1.165) is 12.0 Å². The summed E-state index contributed by atoms with van der Waals surface area (Å²) in [5, 5.41) is 0. The Morgan fingerprint density at radius 2 is 1.82 bits per heavy atom. The lowest BCUT2D eigenvalue weighted by molar-refractivity contribution is 0.540. The zero-order valence-electron chi connectivity index (χ0n) is 10.7. The zero-order valence-corrected chi connectivity index (χ0v) is 11.5. The van der Waals surface area contributed by atoms with Gasteiger partial charge in [-0.1, -0.05) is 39.0 Å². The van der Waals surface area contributed by atoms with Gasteiger partial charge in [-0.15, -0.1) is 0 Å². The van der Waals surface area contributed by atoms with Gasteiger partial charge in [0.2, 0.25) is 0 Å². The van der Waals surface area contributed by atoms with Gasteiger partial charge in [0.05, 0.1) is 10.6 Å². The first-order valence-electron chi connectivity index (χ1n) is 6.01. The van der Waals surface area contributed by atoms with Crippen LogP contribution < -0.4 is 5.73 Å². The lowest BCUT2D eigenvalue weighted by Crippen LogP contribution is -2.26. The van der Waals surface area contributed by atoms with Crippen molar-refractivity contribution in [2.45, 2.75) is 44.0 Å². The normalized spacial score (nSPS) is 15.5. The largest absolute Gasteiger partial charge is 0.327 e. The zero-order chi connectivity index (χ0) is 13.1. The Labute approximate surface area is 104 Å². The topological polar surface area (TPSA) is 60.2 Å². The molecule has 0 fully saturated rings. The Morgan fingerprint density at radius 3 is 2.35 bits per heavy atom. The van der Waals surface area contributed by atoms with Gasteiger partial charge in [0.1, 0.15) is 0 Å². The number of nitrogens with two attached hydrogens (primary N) is 1. The highest BCUT2D eigenvalue weighted by Gasteiger charge is 2.22. The fourth-order valence-electron chi connectivity index (χ4n) is 1.88. The van der Waals surface area contributed by atoms with Crippen LogP contribution in [0.5, 0.6) is 0 Å². The van der Waals surface area contributed by atoms with Gasteiger partial charge in [0.15, 0.2) is 9.84 Å². The minimum absolute atomic E-state index is 0.0109. The molecule has 4 heteroatoms. The Morgan fingerprint density at radius 1 is 1.24 bits per heavy atom. The minimum Gasteiger partial charge on any atom is -0.327 e. The Hall–Kier alpha value is -0.870. The highest BCUT2D eigenvalue weighted by atomic mass is 32.2. The molecule has 0 aliphatic rings. The van der Waals surface area contributed by atoms with Gasteiger partial charge in [-0.2, -0.15) is 0 Å². The van der Waals surface area contributed by atoms with Crippen LogP contribution in [0.15, 0.2) is 29.2 Å². The number of rotatable bonds is 5. The molecule has 0 spiro atoms. The molecule has 1 aromatic carbocycles. The molecule has 0 aliphatic heterocycles. The van der Waals surface area contributed by atoms with Crippen LogP contribution in [-0.2, 0) is 9.84 Å². The molecule has 1 rings (SSSR count). The van der Waals surface area contributed by atoms with Gasteiger partial charge in [-0.05, 0) is 24.0 Å². The third kappa shape index (κ3) is 3.07. The van der Waals surface area contributed by atoms with Crippen molar-refractivity contribution in [3.05, 3.63) is 29.8 Å². The van der Waals surface area contributed by atoms with Crippen molar-refractivity contribution in [1.82, 2.24) is 0 Å². The van der Waals surface area contributed by atoms with Crippen LogP contribution in [0.2, 0.25) is 0 Å². The molecule has 0 bridgehead atoms. The van der Waals surface area contributed by atoms with E-state index >= 15 is 0 Å². The monoisotopic (exact) mass is 255 g/mol. The van der Waals surface area contributed by atoms with Crippen LogP contribution in [-0.4, -0.2) is 20.2 Å². The summed E-state index contributed by atoms with van der Waals surface area (Å²) in [5.41, 5.74) is 6.84. The SMILES string of the molecule is CCC(N)C(C)c1ccccc1S(=O)(=O)CC. The van der Waals surface area contributed by atoms with Crippen molar-refractivity contribution in [3.8, 4) is 0 Å². The molecule has 0 aromatic heterocycles. The molecule has 0 radical (unpaired) electrons. The quantitative estimate of drug-likeness (QED) is 0.878. The molecule has 1 aromatic rings. The summed E-state index contributed by atoms with van der Waals surface area (Å²) in [7, 11) is -3.17. The molecule has 0 heterocycles. The van der Waals surface area contributed by atoms with Gasteiger partial charge in [-0.25, -0.2) is 8.42 Å². The average molecular weight is 255 g/mol.